The summed E-state index contributed by atoms with van der Waals surface area (Å²) in [6.45, 7) is 3.32. The third-order valence-electron chi connectivity index (χ3n) is 4.42. The molecule has 0 radical (unpaired) electrons. The first-order valence-corrected chi connectivity index (χ1v) is 7.88. The zero-order valence-corrected chi connectivity index (χ0v) is 14.0. The van der Waals surface area contributed by atoms with Gasteiger partial charge in [0.25, 0.3) is 0 Å². The maximum absolute atomic E-state index is 13.4. The second-order valence-electron chi connectivity index (χ2n) is 5.94. The number of hydrogen-bond donors (Lipinski definition) is 2. The van der Waals surface area contributed by atoms with Crippen molar-refractivity contribution in [2.24, 2.45) is 0 Å². The Morgan fingerprint density at radius 1 is 1.19 bits per heavy atom. The van der Waals surface area contributed by atoms with E-state index in [1.807, 2.05) is 13.0 Å². The molecule has 1 aromatic heterocycles. The number of H-pyrrole nitrogens is 1. The lowest BCUT2D eigenvalue weighted by Gasteiger charge is -2.28. The van der Waals surface area contributed by atoms with Gasteiger partial charge in [0.15, 0.2) is 0 Å². The summed E-state index contributed by atoms with van der Waals surface area (Å²) in [5, 5.41) is 28.9. The van der Waals surface area contributed by atoms with E-state index in [0.29, 0.717) is 12.0 Å². The third kappa shape index (κ3) is 2.70. The van der Waals surface area contributed by atoms with E-state index >= 15 is 0 Å². The predicted molar refractivity (Wildman–Crippen MR) is 88.4 cm³/mol. The van der Waals surface area contributed by atoms with Gasteiger partial charge in [-0.3, -0.25) is 5.10 Å². The van der Waals surface area contributed by atoms with Crippen molar-refractivity contribution in [1.82, 2.24) is 15.5 Å². The molecule has 0 saturated carbocycles. The number of benzene rings is 1. The standard InChI is InChI=1S/C18H14F3N5/c1-3-14-11-6-10(4-5-15(11)26-25-14)16-12(7-22)9(2)24-17(13(16)8-23)18(19,20)21/h4-6,16,24H,3H2,1-2H3,(H,25,26). The number of fused-ring (bicyclic) bond motifs is 1. The molecule has 1 aliphatic heterocycles. The summed E-state index contributed by atoms with van der Waals surface area (Å²) in [6.07, 6.45) is -4.08. The van der Waals surface area contributed by atoms with Crippen molar-refractivity contribution in [2.45, 2.75) is 32.4 Å². The fourth-order valence-electron chi connectivity index (χ4n) is 3.19. The Morgan fingerprint density at radius 2 is 1.88 bits per heavy atom. The maximum atomic E-state index is 13.4. The molecule has 5 nitrogen and oxygen atoms in total. The van der Waals surface area contributed by atoms with E-state index in [1.54, 1.807) is 24.3 Å². The largest absolute Gasteiger partial charge is 0.432 e. The summed E-state index contributed by atoms with van der Waals surface area (Å²) in [7, 11) is 0. The normalized spacial score (nSPS) is 17.9. The summed E-state index contributed by atoms with van der Waals surface area (Å²) in [5.74, 6) is -1.08. The molecule has 1 unspecified atom stereocenters. The Hall–Kier alpha value is -3.26. The van der Waals surface area contributed by atoms with Gasteiger partial charge in [-0.05, 0) is 31.0 Å². The number of alkyl halides is 3. The lowest BCUT2D eigenvalue weighted by molar-refractivity contribution is -0.0969. The highest BCUT2D eigenvalue weighted by Crippen LogP contribution is 2.42. The molecule has 26 heavy (non-hydrogen) atoms. The van der Waals surface area contributed by atoms with E-state index < -0.39 is 23.4 Å². The molecule has 0 spiro atoms. The smallest absolute Gasteiger partial charge is 0.353 e. The Labute approximate surface area is 147 Å². The summed E-state index contributed by atoms with van der Waals surface area (Å²) in [4.78, 5) is 0. The van der Waals surface area contributed by atoms with Crippen LogP contribution in [0.3, 0.4) is 0 Å². The predicted octanol–water partition coefficient (Wildman–Crippen LogP) is 3.95. The minimum Gasteiger partial charge on any atom is -0.353 e. The van der Waals surface area contributed by atoms with Gasteiger partial charge in [0.05, 0.1) is 40.4 Å². The van der Waals surface area contributed by atoms with Crippen molar-refractivity contribution >= 4 is 10.9 Å². The number of rotatable bonds is 2. The van der Waals surface area contributed by atoms with Gasteiger partial charge < -0.3 is 5.32 Å². The number of nitriles is 2. The van der Waals surface area contributed by atoms with Crippen LogP contribution in [0.4, 0.5) is 13.2 Å². The van der Waals surface area contributed by atoms with Gasteiger partial charge in [0.2, 0.25) is 0 Å². The second-order valence-corrected chi connectivity index (χ2v) is 5.94. The summed E-state index contributed by atoms with van der Waals surface area (Å²) >= 11 is 0. The van der Waals surface area contributed by atoms with Crippen molar-refractivity contribution in [3.8, 4) is 12.1 Å². The van der Waals surface area contributed by atoms with Crippen molar-refractivity contribution < 1.29 is 13.2 Å². The number of halogens is 3. The highest BCUT2D eigenvalue weighted by Gasteiger charge is 2.43. The lowest BCUT2D eigenvalue weighted by atomic mass is 9.81. The molecule has 0 fully saturated rings. The van der Waals surface area contributed by atoms with E-state index in [1.165, 1.54) is 6.92 Å². The zero-order chi connectivity index (χ0) is 19.1. The SMILES string of the molecule is CCc1n[nH]c2ccc(C3C(C#N)=C(C)NC(C(F)(F)F)=C3C#N)cc12. The van der Waals surface area contributed by atoms with Crippen LogP contribution in [-0.2, 0) is 6.42 Å². The molecule has 3 rings (SSSR count). The highest BCUT2D eigenvalue weighted by molar-refractivity contribution is 5.82. The van der Waals surface area contributed by atoms with Gasteiger partial charge >= 0.3 is 6.18 Å². The Kier molecular flexibility index (Phi) is 4.21. The molecule has 2 heterocycles. The molecule has 0 saturated heterocycles. The molecule has 2 N–H and O–H groups in total. The molecule has 2 aromatic rings. The van der Waals surface area contributed by atoms with Crippen LogP contribution in [0.15, 0.2) is 40.7 Å². The average Bonchev–Trinajstić information content (AvgIpc) is 3.02. The topological polar surface area (TPSA) is 88.3 Å². The first kappa shape index (κ1) is 17.6. The second kappa shape index (κ2) is 6.23. The highest BCUT2D eigenvalue weighted by atomic mass is 19.4. The quantitative estimate of drug-likeness (QED) is 0.852. The van der Waals surface area contributed by atoms with Crippen molar-refractivity contribution in [2.75, 3.05) is 0 Å². The van der Waals surface area contributed by atoms with Crippen LogP contribution in [0, 0.1) is 22.7 Å². The van der Waals surface area contributed by atoms with E-state index in [-0.39, 0.29) is 11.3 Å². The number of nitrogens with one attached hydrogen (secondary N) is 2. The van der Waals surface area contributed by atoms with E-state index in [4.69, 9.17) is 0 Å². The van der Waals surface area contributed by atoms with Gasteiger partial charge in [-0.1, -0.05) is 13.0 Å². The molecular weight excluding hydrogens is 343 g/mol. The monoisotopic (exact) mass is 357 g/mol. The van der Waals surface area contributed by atoms with Gasteiger partial charge in [-0.15, -0.1) is 0 Å². The summed E-state index contributed by atoms with van der Waals surface area (Å²) in [6, 6.07) is 8.62. The number of nitrogens with zero attached hydrogens (tertiary/aromatic N) is 3. The summed E-state index contributed by atoms with van der Waals surface area (Å²) in [5.41, 5.74) is 0.516. The minimum absolute atomic E-state index is 0.0897. The number of aromatic amines is 1. The van der Waals surface area contributed by atoms with Crippen LogP contribution < -0.4 is 5.32 Å². The zero-order valence-electron chi connectivity index (χ0n) is 14.0. The van der Waals surface area contributed by atoms with Gasteiger partial charge in [-0.2, -0.15) is 28.8 Å². The molecule has 0 aliphatic carbocycles. The van der Waals surface area contributed by atoms with E-state index in [9.17, 15) is 23.7 Å². The van der Waals surface area contributed by atoms with Crippen molar-refractivity contribution in [3.63, 3.8) is 0 Å². The molecule has 1 aliphatic rings. The van der Waals surface area contributed by atoms with Crippen LogP contribution in [-0.4, -0.2) is 16.4 Å². The first-order chi connectivity index (χ1) is 12.3. The summed E-state index contributed by atoms with van der Waals surface area (Å²) < 4.78 is 40.2. The van der Waals surface area contributed by atoms with Crippen LogP contribution in [0.1, 0.15) is 31.0 Å². The van der Waals surface area contributed by atoms with E-state index in [0.717, 1.165) is 16.6 Å². The van der Waals surface area contributed by atoms with E-state index in [2.05, 4.69) is 15.5 Å². The Bertz CT molecular complexity index is 1030. The number of hydrogen-bond acceptors (Lipinski definition) is 4. The van der Waals surface area contributed by atoms with Crippen LogP contribution in [0.2, 0.25) is 0 Å². The molecule has 0 bridgehead atoms. The molecule has 8 heteroatoms. The fourth-order valence-corrected chi connectivity index (χ4v) is 3.19. The number of dihydropyridines is 1. The number of allylic oxidation sites excluding steroid dienone is 4. The lowest BCUT2D eigenvalue weighted by Crippen LogP contribution is -2.33. The molecular formula is C18H14F3N5. The van der Waals surface area contributed by atoms with Gasteiger partial charge in [0, 0.05) is 11.1 Å². The molecule has 132 valence electrons. The van der Waals surface area contributed by atoms with Gasteiger partial charge in [0.1, 0.15) is 5.70 Å². The van der Waals surface area contributed by atoms with Crippen LogP contribution in [0.5, 0.6) is 0 Å². The number of aryl methyl sites for hydroxylation is 1. The third-order valence-corrected chi connectivity index (χ3v) is 4.42. The maximum Gasteiger partial charge on any atom is 0.432 e. The fraction of sp³-hybridized carbons (Fsp3) is 0.278. The van der Waals surface area contributed by atoms with Crippen molar-refractivity contribution in [3.05, 3.63) is 52.0 Å². The Balaban J connectivity index is 2.28. The van der Waals surface area contributed by atoms with Crippen LogP contribution >= 0.6 is 0 Å². The molecule has 1 atom stereocenters. The van der Waals surface area contributed by atoms with Crippen molar-refractivity contribution in [1.29, 1.82) is 10.5 Å². The molecule has 0 amide bonds. The number of aromatic nitrogens is 2. The Morgan fingerprint density at radius 3 is 2.46 bits per heavy atom. The average molecular weight is 357 g/mol. The minimum atomic E-state index is -4.72. The van der Waals surface area contributed by atoms with Gasteiger partial charge in [-0.25, -0.2) is 0 Å². The van der Waals surface area contributed by atoms with Crippen LogP contribution in [0.25, 0.3) is 10.9 Å². The first-order valence-electron chi connectivity index (χ1n) is 7.88. The molecule has 1 aromatic carbocycles.